The highest BCUT2D eigenvalue weighted by molar-refractivity contribution is 4.99. The van der Waals surface area contributed by atoms with E-state index in [0.717, 1.165) is 0 Å². The van der Waals surface area contributed by atoms with Gasteiger partial charge in [-0.3, -0.25) is 0 Å². The van der Waals surface area contributed by atoms with Gasteiger partial charge in [0.1, 0.15) is 0 Å². The third-order valence-corrected chi connectivity index (χ3v) is 3.35. The topological polar surface area (TPSA) is 105 Å². The Morgan fingerprint density at radius 3 is 2.07 bits per heavy atom. The molecule has 92 valence electrons. The summed E-state index contributed by atoms with van der Waals surface area (Å²) in [5, 5.41) is 38.3. The SMILES string of the molecule is CC(C(O)CO)C(C)(O)C(C)(O)CC[NH-]. The third-order valence-electron chi connectivity index (χ3n) is 3.35. The Labute approximate surface area is 90.5 Å². The number of hydrogen-bond acceptors (Lipinski definition) is 4. The average Bonchev–Trinajstić information content (AvgIpc) is 2.15. The van der Waals surface area contributed by atoms with Crippen LogP contribution in [0.2, 0.25) is 0 Å². The van der Waals surface area contributed by atoms with Crippen molar-refractivity contribution in [2.45, 2.75) is 44.5 Å². The zero-order valence-corrected chi connectivity index (χ0v) is 9.56. The van der Waals surface area contributed by atoms with Crippen LogP contribution in [0.25, 0.3) is 5.73 Å². The maximum absolute atomic E-state index is 10.1. The molecule has 0 radical (unpaired) electrons. The summed E-state index contributed by atoms with van der Waals surface area (Å²) >= 11 is 0. The molecule has 0 saturated heterocycles. The monoisotopic (exact) mass is 220 g/mol. The number of rotatable bonds is 6. The van der Waals surface area contributed by atoms with Crippen LogP contribution in [0, 0.1) is 5.92 Å². The molecule has 0 bridgehead atoms. The minimum Gasteiger partial charge on any atom is -0.677 e. The Bertz CT molecular complexity index is 194. The van der Waals surface area contributed by atoms with Crippen molar-refractivity contribution in [3.63, 3.8) is 0 Å². The summed E-state index contributed by atoms with van der Waals surface area (Å²) in [6, 6.07) is 0. The summed E-state index contributed by atoms with van der Waals surface area (Å²) in [6.07, 6.45) is -0.972. The molecule has 0 aromatic carbocycles. The van der Waals surface area contributed by atoms with Crippen LogP contribution in [-0.2, 0) is 0 Å². The molecule has 5 N–H and O–H groups in total. The summed E-state index contributed by atoms with van der Waals surface area (Å²) in [5.74, 6) is -0.677. The van der Waals surface area contributed by atoms with Crippen molar-refractivity contribution in [2.24, 2.45) is 5.92 Å². The van der Waals surface area contributed by atoms with E-state index >= 15 is 0 Å². The molecule has 0 aromatic heterocycles. The van der Waals surface area contributed by atoms with Gasteiger partial charge >= 0.3 is 0 Å². The molecule has 0 fully saturated rings. The highest BCUT2D eigenvalue weighted by atomic mass is 16.4. The molecule has 0 rings (SSSR count). The van der Waals surface area contributed by atoms with Crippen LogP contribution in [0.15, 0.2) is 0 Å². The van der Waals surface area contributed by atoms with E-state index in [-0.39, 0.29) is 13.0 Å². The average molecular weight is 220 g/mol. The van der Waals surface area contributed by atoms with Crippen molar-refractivity contribution < 1.29 is 20.4 Å². The van der Waals surface area contributed by atoms with Crippen molar-refractivity contribution in [3.8, 4) is 0 Å². The van der Waals surface area contributed by atoms with E-state index in [1.165, 1.54) is 13.8 Å². The van der Waals surface area contributed by atoms with Gasteiger partial charge in [-0.25, -0.2) is 0 Å². The zero-order chi connectivity index (χ0) is 12.3. The molecule has 15 heavy (non-hydrogen) atoms. The first-order chi connectivity index (χ1) is 6.70. The lowest BCUT2D eigenvalue weighted by atomic mass is 9.73. The summed E-state index contributed by atoms with van der Waals surface area (Å²) in [4.78, 5) is 0. The Morgan fingerprint density at radius 1 is 1.27 bits per heavy atom. The smallest absolute Gasteiger partial charge is 0.0952 e. The maximum Gasteiger partial charge on any atom is 0.0952 e. The van der Waals surface area contributed by atoms with Crippen LogP contribution < -0.4 is 0 Å². The summed E-state index contributed by atoms with van der Waals surface area (Å²) in [5.41, 5.74) is 4.05. The summed E-state index contributed by atoms with van der Waals surface area (Å²) in [6.45, 7) is 3.92. The van der Waals surface area contributed by atoms with Crippen molar-refractivity contribution >= 4 is 0 Å². The van der Waals surface area contributed by atoms with E-state index in [2.05, 4.69) is 0 Å². The largest absolute Gasteiger partial charge is 0.677 e. The van der Waals surface area contributed by atoms with Gasteiger partial charge in [0.05, 0.1) is 23.9 Å². The summed E-state index contributed by atoms with van der Waals surface area (Å²) in [7, 11) is 0. The van der Waals surface area contributed by atoms with Gasteiger partial charge in [-0.1, -0.05) is 6.92 Å². The van der Waals surface area contributed by atoms with Crippen molar-refractivity contribution in [1.82, 2.24) is 0 Å². The van der Waals surface area contributed by atoms with E-state index in [1.54, 1.807) is 6.92 Å². The molecule has 0 saturated carbocycles. The van der Waals surface area contributed by atoms with Gasteiger partial charge in [-0.15, -0.1) is 6.54 Å². The first-order valence-electron chi connectivity index (χ1n) is 5.09. The Hall–Kier alpha value is -0.200. The molecule has 0 aromatic rings. The lowest BCUT2D eigenvalue weighted by Gasteiger charge is -2.44. The Kier molecular flexibility index (Phi) is 5.16. The number of hydrogen-bond donors (Lipinski definition) is 4. The molecular formula is C10H22NO4-. The highest BCUT2D eigenvalue weighted by Gasteiger charge is 2.46. The van der Waals surface area contributed by atoms with Crippen molar-refractivity contribution in [3.05, 3.63) is 5.73 Å². The quantitative estimate of drug-likeness (QED) is 0.502. The van der Waals surface area contributed by atoms with Gasteiger partial charge in [0.25, 0.3) is 0 Å². The van der Waals surface area contributed by atoms with Gasteiger partial charge < -0.3 is 26.2 Å². The molecule has 0 spiro atoms. The molecule has 0 aliphatic rings. The van der Waals surface area contributed by atoms with E-state index in [9.17, 15) is 15.3 Å². The normalized spacial score (nSPS) is 24.0. The second-order valence-corrected chi connectivity index (χ2v) is 4.46. The number of aliphatic hydroxyl groups excluding tert-OH is 2. The maximum atomic E-state index is 10.1. The van der Waals surface area contributed by atoms with Crippen LogP contribution in [0.4, 0.5) is 0 Å². The van der Waals surface area contributed by atoms with Crippen molar-refractivity contribution in [1.29, 1.82) is 0 Å². The first kappa shape index (κ1) is 14.8. The lowest BCUT2D eigenvalue weighted by molar-refractivity contribution is -0.182. The highest BCUT2D eigenvalue weighted by Crippen LogP contribution is 2.33. The fourth-order valence-corrected chi connectivity index (χ4v) is 1.52. The Balaban J connectivity index is 4.78. The molecule has 0 aliphatic carbocycles. The van der Waals surface area contributed by atoms with Crippen LogP contribution in [0.1, 0.15) is 27.2 Å². The minimum atomic E-state index is -1.55. The molecule has 0 amide bonds. The molecule has 4 atom stereocenters. The van der Waals surface area contributed by atoms with Crippen LogP contribution in [0.5, 0.6) is 0 Å². The van der Waals surface area contributed by atoms with Gasteiger partial charge in [-0.05, 0) is 20.3 Å². The molecule has 4 unspecified atom stereocenters. The molecular weight excluding hydrogens is 198 g/mol. The second-order valence-electron chi connectivity index (χ2n) is 4.46. The first-order valence-corrected chi connectivity index (χ1v) is 5.09. The van der Waals surface area contributed by atoms with Gasteiger partial charge in [0, 0.05) is 5.92 Å². The van der Waals surface area contributed by atoms with E-state index < -0.39 is 29.8 Å². The van der Waals surface area contributed by atoms with Crippen LogP contribution in [0.3, 0.4) is 0 Å². The van der Waals surface area contributed by atoms with E-state index in [1.807, 2.05) is 0 Å². The minimum absolute atomic E-state index is 0.00884. The van der Waals surface area contributed by atoms with Crippen LogP contribution in [-0.4, -0.2) is 50.9 Å². The van der Waals surface area contributed by atoms with Gasteiger partial charge in [-0.2, -0.15) is 0 Å². The molecule has 5 heteroatoms. The van der Waals surface area contributed by atoms with Crippen LogP contribution >= 0.6 is 0 Å². The molecule has 0 heterocycles. The molecule has 0 aliphatic heterocycles. The van der Waals surface area contributed by atoms with E-state index in [4.69, 9.17) is 10.8 Å². The second kappa shape index (κ2) is 5.23. The summed E-state index contributed by atoms with van der Waals surface area (Å²) < 4.78 is 0. The third kappa shape index (κ3) is 3.12. The van der Waals surface area contributed by atoms with Gasteiger partial charge in [0.2, 0.25) is 0 Å². The van der Waals surface area contributed by atoms with E-state index in [0.29, 0.717) is 0 Å². The van der Waals surface area contributed by atoms with Gasteiger partial charge in [0.15, 0.2) is 0 Å². The zero-order valence-electron chi connectivity index (χ0n) is 9.56. The Morgan fingerprint density at radius 2 is 1.73 bits per heavy atom. The number of aliphatic hydroxyl groups is 4. The lowest BCUT2D eigenvalue weighted by Crippen LogP contribution is -2.57. The van der Waals surface area contributed by atoms with Crippen molar-refractivity contribution in [2.75, 3.05) is 13.2 Å². The fraction of sp³-hybridized carbons (Fsp3) is 1.00. The fourth-order valence-electron chi connectivity index (χ4n) is 1.52. The predicted octanol–water partition coefficient (Wildman–Crippen LogP) is -0.0800. The standard InChI is InChI=1S/C10H22NO4/c1-7(8(13)6-12)10(3,15)9(2,14)4-5-11/h7-8,11-15H,4-6H2,1-3H3/q-1. The number of nitrogens with one attached hydrogen (secondary N) is 1. The predicted molar refractivity (Wildman–Crippen MR) is 57.3 cm³/mol. The molecule has 5 nitrogen and oxygen atoms in total.